The minimum absolute atomic E-state index is 0.186. The number of benzene rings is 1. The van der Waals surface area contributed by atoms with Crippen LogP contribution in [0.4, 0.5) is 5.69 Å². The molecule has 0 aliphatic rings. The minimum atomic E-state index is -0.229. The van der Waals surface area contributed by atoms with E-state index in [0.29, 0.717) is 16.3 Å². The molecule has 0 aliphatic heterocycles. The largest absolute Gasteiger partial charge is 0.399 e. The van der Waals surface area contributed by atoms with Crippen LogP contribution in [-0.4, -0.2) is 10.9 Å². The van der Waals surface area contributed by atoms with Crippen molar-refractivity contribution in [3.63, 3.8) is 0 Å². The first-order valence-electron chi connectivity index (χ1n) is 5.84. The Morgan fingerprint density at radius 1 is 1.37 bits per heavy atom. The number of nitrogens with two attached hydrogens (primary N) is 1. The van der Waals surface area contributed by atoms with E-state index in [0.717, 1.165) is 5.69 Å². The summed E-state index contributed by atoms with van der Waals surface area (Å²) < 4.78 is 0. The van der Waals surface area contributed by atoms with Crippen LogP contribution in [0.5, 0.6) is 0 Å². The summed E-state index contributed by atoms with van der Waals surface area (Å²) in [5.41, 5.74) is 7.36. The summed E-state index contributed by atoms with van der Waals surface area (Å²) in [4.78, 5) is 16.3. The lowest BCUT2D eigenvalue weighted by Crippen LogP contribution is -2.27. The number of carbonyl (C=O) groups excluding carboxylic acids is 1. The molecular weight excluding hydrogens is 262 g/mol. The molecule has 1 aromatic heterocycles. The van der Waals surface area contributed by atoms with E-state index in [1.807, 2.05) is 25.1 Å². The number of rotatable bonds is 3. The van der Waals surface area contributed by atoms with Gasteiger partial charge in [-0.15, -0.1) is 0 Å². The SMILES string of the molecule is CC(NC(=O)c1cc(N)cc(Cl)c1)c1ccccn1. The third-order valence-corrected chi connectivity index (χ3v) is 2.88. The first-order valence-corrected chi connectivity index (χ1v) is 6.22. The molecular formula is C14H14ClN3O. The molecule has 1 unspecified atom stereocenters. The van der Waals surface area contributed by atoms with Gasteiger partial charge in [0, 0.05) is 22.5 Å². The van der Waals surface area contributed by atoms with Gasteiger partial charge in [0.15, 0.2) is 0 Å². The van der Waals surface area contributed by atoms with Crippen LogP contribution in [0.15, 0.2) is 42.6 Å². The maximum absolute atomic E-state index is 12.1. The first-order chi connectivity index (χ1) is 9.06. The lowest BCUT2D eigenvalue weighted by Gasteiger charge is -2.13. The summed E-state index contributed by atoms with van der Waals surface area (Å²) in [6, 6.07) is 10.1. The second kappa shape index (κ2) is 5.71. The highest BCUT2D eigenvalue weighted by Crippen LogP contribution is 2.17. The number of amides is 1. The highest BCUT2D eigenvalue weighted by Gasteiger charge is 2.13. The Bertz CT molecular complexity index is 566. The van der Waals surface area contributed by atoms with Gasteiger partial charge in [0.25, 0.3) is 5.91 Å². The normalized spacial score (nSPS) is 11.9. The number of hydrogen-bond donors (Lipinski definition) is 2. The summed E-state index contributed by atoms with van der Waals surface area (Å²) in [5.74, 6) is -0.229. The summed E-state index contributed by atoms with van der Waals surface area (Å²) in [5, 5.41) is 3.29. The van der Waals surface area contributed by atoms with Gasteiger partial charge in [-0.05, 0) is 37.3 Å². The summed E-state index contributed by atoms with van der Waals surface area (Å²) >= 11 is 5.88. The van der Waals surface area contributed by atoms with E-state index in [2.05, 4.69) is 10.3 Å². The predicted molar refractivity (Wildman–Crippen MR) is 76.0 cm³/mol. The fourth-order valence-corrected chi connectivity index (χ4v) is 1.97. The zero-order valence-electron chi connectivity index (χ0n) is 10.4. The van der Waals surface area contributed by atoms with E-state index in [-0.39, 0.29) is 11.9 Å². The van der Waals surface area contributed by atoms with Gasteiger partial charge in [-0.25, -0.2) is 0 Å². The van der Waals surface area contributed by atoms with Crippen LogP contribution in [0.25, 0.3) is 0 Å². The van der Waals surface area contributed by atoms with Crippen molar-refractivity contribution < 1.29 is 4.79 Å². The Morgan fingerprint density at radius 2 is 2.16 bits per heavy atom. The predicted octanol–water partition coefficient (Wildman–Crippen LogP) is 2.81. The second-order valence-electron chi connectivity index (χ2n) is 4.22. The molecule has 0 aliphatic carbocycles. The van der Waals surface area contributed by atoms with Gasteiger partial charge in [-0.1, -0.05) is 17.7 Å². The van der Waals surface area contributed by atoms with E-state index in [9.17, 15) is 4.79 Å². The van der Waals surface area contributed by atoms with E-state index < -0.39 is 0 Å². The zero-order chi connectivity index (χ0) is 13.8. The van der Waals surface area contributed by atoms with Gasteiger partial charge in [0.1, 0.15) is 0 Å². The molecule has 3 N–H and O–H groups in total. The fourth-order valence-electron chi connectivity index (χ4n) is 1.73. The van der Waals surface area contributed by atoms with Crippen LogP contribution < -0.4 is 11.1 Å². The van der Waals surface area contributed by atoms with Crippen LogP contribution in [0.2, 0.25) is 5.02 Å². The topological polar surface area (TPSA) is 68.0 Å². The molecule has 1 aromatic carbocycles. The Hall–Kier alpha value is -2.07. The van der Waals surface area contributed by atoms with Gasteiger partial charge in [0.2, 0.25) is 0 Å². The van der Waals surface area contributed by atoms with Crippen molar-refractivity contribution in [3.8, 4) is 0 Å². The molecule has 0 saturated carbocycles. The molecule has 1 amide bonds. The van der Waals surface area contributed by atoms with Crippen molar-refractivity contribution in [2.24, 2.45) is 0 Å². The number of aromatic nitrogens is 1. The number of hydrogen-bond acceptors (Lipinski definition) is 3. The zero-order valence-corrected chi connectivity index (χ0v) is 11.2. The number of nitrogens with zero attached hydrogens (tertiary/aromatic N) is 1. The summed E-state index contributed by atoms with van der Waals surface area (Å²) in [6.07, 6.45) is 1.69. The molecule has 0 radical (unpaired) electrons. The molecule has 19 heavy (non-hydrogen) atoms. The maximum Gasteiger partial charge on any atom is 0.251 e. The van der Waals surface area contributed by atoms with Crippen LogP contribution in [0, 0.1) is 0 Å². The molecule has 1 atom stereocenters. The van der Waals surface area contributed by atoms with Crippen molar-refractivity contribution >= 4 is 23.2 Å². The van der Waals surface area contributed by atoms with Gasteiger partial charge >= 0.3 is 0 Å². The highest BCUT2D eigenvalue weighted by atomic mass is 35.5. The van der Waals surface area contributed by atoms with Crippen LogP contribution >= 0.6 is 11.6 Å². The Balaban J connectivity index is 2.13. The quantitative estimate of drug-likeness (QED) is 0.847. The molecule has 0 fully saturated rings. The first kappa shape index (κ1) is 13.4. The van der Waals surface area contributed by atoms with E-state index >= 15 is 0 Å². The Labute approximate surface area is 116 Å². The molecule has 0 spiro atoms. The standard InChI is InChI=1S/C14H14ClN3O/c1-9(13-4-2-3-5-17-13)18-14(19)10-6-11(15)8-12(16)7-10/h2-9H,16H2,1H3,(H,18,19). The number of nitrogen functional groups attached to an aromatic ring is 1. The molecule has 1 heterocycles. The average molecular weight is 276 g/mol. The number of pyridine rings is 1. The average Bonchev–Trinajstić information content (AvgIpc) is 2.38. The fraction of sp³-hybridized carbons (Fsp3) is 0.143. The van der Waals surface area contributed by atoms with Crippen molar-refractivity contribution in [1.29, 1.82) is 0 Å². The van der Waals surface area contributed by atoms with Crippen LogP contribution in [0.1, 0.15) is 29.0 Å². The highest BCUT2D eigenvalue weighted by molar-refractivity contribution is 6.31. The van der Waals surface area contributed by atoms with Crippen molar-refractivity contribution in [2.45, 2.75) is 13.0 Å². The van der Waals surface area contributed by atoms with Crippen molar-refractivity contribution in [1.82, 2.24) is 10.3 Å². The van der Waals surface area contributed by atoms with Crippen molar-refractivity contribution in [2.75, 3.05) is 5.73 Å². The summed E-state index contributed by atoms with van der Waals surface area (Å²) in [7, 11) is 0. The molecule has 2 aromatic rings. The second-order valence-corrected chi connectivity index (χ2v) is 4.66. The molecule has 4 nitrogen and oxygen atoms in total. The third-order valence-electron chi connectivity index (χ3n) is 2.66. The summed E-state index contributed by atoms with van der Waals surface area (Å²) in [6.45, 7) is 1.87. The van der Waals surface area contributed by atoms with Crippen LogP contribution in [0.3, 0.4) is 0 Å². The molecule has 5 heteroatoms. The molecule has 2 rings (SSSR count). The minimum Gasteiger partial charge on any atom is -0.399 e. The number of carbonyl (C=O) groups is 1. The smallest absolute Gasteiger partial charge is 0.251 e. The Kier molecular flexibility index (Phi) is 4.02. The molecule has 0 bridgehead atoms. The van der Waals surface area contributed by atoms with Gasteiger partial charge in [-0.3, -0.25) is 9.78 Å². The maximum atomic E-state index is 12.1. The lowest BCUT2D eigenvalue weighted by molar-refractivity contribution is 0.0939. The van der Waals surface area contributed by atoms with E-state index in [4.69, 9.17) is 17.3 Å². The van der Waals surface area contributed by atoms with E-state index in [1.54, 1.807) is 24.4 Å². The number of anilines is 1. The molecule has 98 valence electrons. The van der Waals surface area contributed by atoms with Gasteiger partial charge < -0.3 is 11.1 Å². The lowest BCUT2D eigenvalue weighted by atomic mass is 10.1. The van der Waals surface area contributed by atoms with E-state index in [1.165, 1.54) is 0 Å². The number of halogens is 1. The van der Waals surface area contributed by atoms with Crippen LogP contribution in [-0.2, 0) is 0 Å². The van der Waals surface area contributed by atoms with Crippen molar-refractivity contribution in [3.05, 3.63) is 58.9 Å². The van der Waals surface area contributed by atoms with Gasteiger partial charge in [-0.2, -0.15) is 0 Å². The van der Waals surface area contributed by atoms with Gasteiger partial charge in [0.05, 0.1) is 11.7 Å². The third kappa shape index (κ3) is 3.45. The Morgan fingerprint density at radius 3 is 2.79 bits per heavy atom. The number of nitrogens with one attached hydrogen (secondary N) is 1. The molecule has 0 saturated heterocycles. The monoisotopic (exact) mass is 275 g/mol.